The number of methoxy groups -OCH3 is 1. The molecule has 3 rings (SSSR count). The van der Waals surface area contributed by atoms with Gasteiger partial charge in [0.15, 0.2) is 0 Å². The van der Waals surface area contributed by atoms with Gasteiger partial charge in [-0.15, -0.1) is 0 Å². The molecule has 0 fully saturated rings. The largest absolute Gasteiger partial charge is 0.497 e. The van der Waals surface area contributed by atoms with E-state index in [0.717, 1.165) is 29.8 Å². The van der Waals surface area contributed by atoms with E-state index in [4.69, 9.17) is 21.1 Å². The van der Waals surface area contributed by atoms with Crippen molar-refractivity contribution < 1.29 is 19.0 Å². The Morgan fingerprint density at radius 2 is 1.70 bits per heavy atom. The number of hydrogen-bond acceptors (Lipinski definition) is 4. The van der Waals surface area contributed by atoms with Crippen molar-refractivity contribution in [2.45, 2.75) is 12.5 Å². The highest BCUT2D eigenvalue weighted by molar-refractivity contribution is 6.33. The number of nitrogens with one attached hydrogen (secondary N) is 1. The molecule has 1 unspecified atom stereocenters. The molecule has 0 radical (unpaired) electrons. The van der Waals surface area contributed by atoms with Gasteiger partial charge in [0.25, 0.3) is 0 Å². The zero-order valence-electron chi connectivity index (χ0n) is 16.8. The zero-order chi connectivity index (χ0) is 21.3. The summed E-state index contributed by atoms with van der Waals surface area (Å²) in [5.41, 5.74) is 3.15. The first-order valence-electron chi connectivity index (χ1n) is 9.75. The van der Waals surface area contributed by atoms with Crippen LogP contribution in [0.2, 0.25) is 5.02 Å². The molecule has 3 aromatic carbocycles. The van der Waals surface area contributed by atoms with Crippen LogP contribution in [-0.4, -0.2) is 38.0 Å². The van der Waals surface area contributed by atoms with E-state index in [-0.39, 0.29) is 12.4 Å². The molecule has 2 N–H and O–H groups in total. The lowest BCUT2D eigenvalue weighted by Gasteiger charge is -2.13. The number of halogens is 2. The maximum Gasteiger partial charge on any atom is 0.123 e. The Labute approximate surface area is 181 Å². The summed E-state index contributed by atoms with van der Waals surface area (Å²) in [7, 11) is 1.63. The molecule has 0 amide bonds. The van der Waals surface area contributed by atoms with E-state index < -0.39 is 6.10 Å². The van der Waals surface area contributed by atoms with Gasteiger partial charge in [-0.3, -0.25) is 0 Å². The number of benzene rings is 3. The number of aliphatic hydroxyl groups excluding tert-OH is 1. The van der Waals surface area contributed by atoms with Gasteiger partial charge in [-0.25, -0.2) is 4.39 Å². The Bertz CT molecular complexity index is 932. The summed E-state index contributed by atoms with van der Waals surface area (Å²) in [6.45, 7) is 1.29. The molecule has 0 saturated heterocycles. The van der Waals surface area contributed by atoms with E-state index in [2.05, 4.69) is 17.4 Å². The average Bonchev–Trinajstić information content (AvgIpc) is 2.77. The average molecular weight is 430 g/mol. The lowest BCUT2D eigenvalue weighted by Crippen LogP contribution is -2.32. The molecule has 30 heavy (non-hydrogen) atoms. The van der Waals surface area contributed by atoms with Gasteiger partial charge in [0.1, 0.15) is 30.0 Å². The molecule has 0 saturated carbocycles. The first-order chi connectivity index (χ1) is 14.5. The predicted octanol–water partition coefficient (Wildman–Crippen LogP) is 4.73. The number of hydrogen-bond donors (Lipinski definition) is 2. The second-order valence-electron chi connectivity index (χ2n) is 6.92. The molecule has 3 aromatic rings. The Hall–Kier alpha value is -2.60. The first-order valence-corrected chi connectivity index (χ1v) is 10.1. The van der Waals surface area contributed by atoms with E-state index in [1.54, 1.807) is 7.11 Å². The molecule has 0 heterocycles. The maximum absolute atomic E-state index is 12.9. The SMILES string of the molecule is COc1ccc(Cl)c(-c2ccc(CCNCC(O)COc3ccc(F)cc3)cc2)c1. The normalized spacial score (nSPS) is 11.9. The Balaban J connectivity index is 1.41. The van der Waals surface area contributed by atoms with Gasteiger partial charge in [0.05, 0.1) is 7.11 Å². The summed E-state index contributed by atoms with van der Waals surface area (Å²) in [6.07, 6.45) is 0.185. The van der Waals surface area contributed by atoms with Gasteiger partial charge in [0.2, 0.25) is 0 Å². The Morgan fingerprint density at radius 3 is 2.40 bits per heavy atom. The molecule has 0 aliphatic heterocycles. The van der Waals surface area contributed by atoms with E-state index in [1.165, 1.54) is 29.8 Å². The maximum atomic E-state index is 12.9. The number of ether oxygens (including phenoxy) is 2. The van der Waals surface area contributed by atoms with Gasteiger partial charge in [-0.05, 0) is 66.6 Å². The minimum atomic E-state index is -0.646. The summed E-state index contributed by atoms with van der Waals surface area (Å²) < 4.78 is 23.6. The molecule has 0 aromatic heterocycles. The van der Waals surface area contributed by atoms with Gasteiger partial charge >= 0.3 is 0 Å². The van der Waals surface area contributed by atoms with E-state index in [1.807, 2.05) is 30.3 Å². The van der Waals surface area contributed by atoms with Crippen molar-refractivity contribution in [1.29, 1.82) is 0 Å². The van der Waals surface area contributed by atoms with Crippen LogP contribution >= 0.6 is 11.6 Å². The van der Waals surface area contributed by atoms with Crippen molar-refractivity contribution in [2.24, 2.45) is 0 Å². The van der Waals surface area contributed by atoms with Crippen LogP contribution in [0.5, 0.6) is 11.5 Å². The van der Waals surface area contributed by atoms with Crippen LogP contribution in [0, 0.1) is 5.82 Å². The van der Waals surface area contributed by atoms with Gasteiger partial charge in [-0.1, -0.05) is 35.9 Å². The standard InChI is InChI=1S/C24H25ClFNO3/c1-29-22-10-11-24(25)23(14-22)18-4-2-17(3-5-18)12-13-27-15-20(28)16-30-21-8-6-19(26)7-9-21/h2-11,14,20,27-28H,12-13,15-16H2,1H3. The summed E-state index contributed by atoms with van der Waals surface area (Å²) in [4.78, 5) is 0. The van der Waals surface area contributed by atoms with Crippen molar-refractivity contribution in [2.75, 3.05) is 26.8 Å². The number of rotatable bonds is 10. The molecular formula is C24H25ClFNO3. The molecule has 0 bridgehead atoms. The lowest BCUT2D eigenvalue weighted by molar-refractivity contribution is 0.106. The summed E-state index contributed by atoms with van der Waals surface area (Å²) in [5, 5.41) is 13.9. The van der Waals surface area contributed by atoms with Crippen molar-refractivity contribution in [3.8, 4) is 22.6 Å². The molecular weight excluding hydrogens is 405 g/mol. The number of aliphatic hydroxyl groups is 1. The van der Waals surface area contributed by atoms with Crippen LogP contribution < -0.4 is 14.8 Å². The van der Waals surface area contributed by atoms with Gasteiger partial charge in [-0.2, -0.15) is 0 Å². The van der Waals surface area contributed by atoms with Crippen LogP contribution in [-0.2, 0) is 6.42 Å². The highest BCUT2D eigenvalue weighted by Gasteiger charge is 2.07. The van der Waals surface area contributed by atoms with E-state index in [0.29, 0.717) is 17.3 Å². The molecule has 0 aliphatic carbocycles. The van der Waals surface area contributed by atoms with Crippen molar-refractivity contribution in [3.05, 3.63) is 83.1 Å². The topological polar surface area (TPSA) is 50.7 Å². The van der Waals surface area contributed by atoms with Crippen LogP contribution in [0.3, 0.4) is 0 Å². The fraction of sp³-hybridized carbons (Fsp3) is 0.250. The van der Waals surface area contributed by atoms with Crippen LogP contribution in [0.15, 0.2) is 66.7 Å². The highest BCUT2D eigenvalue weighted by Crippen LogP contribution is 2.31. The minimum absolute atomic E-state index is 0.147. The lowest BCUT2D eigenvalue weighted by atomic mass is 10.0. The fourth-order valence-electron chi connectivity index (χ4n) is 2.99. The molecule has 0 aliphatic rings. The first kappa shape index (κ1) is 22.1. The third-order valence-corrected chi connectivity index (χ3v) is 4.99. The fourth-order valence-corrected chi connectivity index (χ4v) is 3.21. The molecule has 158 valence electrons. The van der Waals surface area contributed by atoms with Crippen molar-refractivity contribution in [1.82, 2.24) is 5.32 Å². The predicted molar refractivity (Wildman–Crippen MR) is 118 cm³/mol. The second-order valence-corrected chi connectivity index (χ2v) is 7.32. The molecule has 0 spiro atoms. The molecule has 6 heteroatoms. The summed E-state index contributed by atoms with van der Waals surface area (Å²) in [6, 6.07) is 19.6. The minimum Gasteiger partial charge on any atom is -0.497 e. The van der Waals surface area contributed by atoms with E-state index >= 15 is 0 Å². The monoisotopic (exact) mass is 429 g/mol. The summed E-state index contributed by atoms with van der Waals surface area (Å²) in [5.74, 6) is 0.987. The van der Waals surface area contributed by atoms with Gasteiger partial charge in [0, 0.05) is 17.1 Å². The summed E-state index contributed by atoms with van der Waals surface area (Å²) >= 11 is 6.32. The third-order valence-electron chi connectivity index (χ3n) is 4.66. The highest BCUT2D eigenvalue weighted by atomic mass is 35.5. The smallest absolute Gasteiger partial charge is 0.123 e. The second kappa shape index (κ2) is 11.0. The zero-order valence-corrected chi connectivity index (χ0v) is 17.5. The Kier molecular flexibility index (Phi) is 8.08. The van der Waals surface area contributed by atoms with Crippen LogP contribution in [0.4, 0.5) is 4.39 Å². The van der Waals surface area contributed by atoms with Crippen molar-refractivity contribution in [3.63, 3.8) is 0 Å². The molecule has 4 nitrogen and oxygen atoms in total. The van der Waals surface area contributed by atoms with Gasteiger partial charge < -0.3 is 19.9 Å². The van der Waals surface area contributed by atoms with Crippen LogP contribution in [0.25, 0.3) is 11.1 Å². The quantitative estimate of drug-likeness (QED) is 0.457. The van der Waals surface area contributed by atoms with Crippen molar-refractivity contribution >= 4 is 11.6 Å². The molecule has 1 atom stereocenters. The van der Waals surface area contributed by atoms with Crippen LogP contribution in [0.1, 0.15) is 5.56 Å². The Morgan fingerprint density at radius 1 is 1.00 bits per heavy atom. The third kappa shape index (κ3) is 6.46. The van der Waals surface area contributed by atoms with E-state index in [9.17, 15) is 9.50 Å².